The summed E-state index contributed by atoms with van der Waals surface area (Å²) in [6.45, 7) is 6.21. The van der Waals surface area contributed by atoms with E-state index in [1.807, 2.05) is 18.7 Å². The molecule has 1 aromatic rings. The maximum Gasteiger partial charge on any atom is 0.144 e. The van der Waals surface area contributed by atoms with Crippen LogP contribution in [-0.2, 0) is 7.05 Å². The smallest absolute Gasteiger partial charge is 0.144 e. The van der Waals surface area contributed by atoms with Crippen molar-refractivity contribution in [3.63, 3.8) is 0 Å². The monoisotopic (exact) mass is 204 g/mol. The fourth-order valence-corrected chi connectivity index (χ4v) is 2.27. The minimum absolute atomic E-state index is 0.715. The summed E-state index contributed by atoms with van der Waals surface area (Å²) in [5, 5.41) is 13.4. The molecule has 1 saturated heterocycles. The zero-order valence-corrected chi connectivity index (χ0v) is 9.49. The lowest BCUT2D eigenvalue weighted by Gasteiger charge is -2.18. The Bertz CT molecular complexity index is 413. The zero-order valence-electron chi connectivity index (χ0n) is 9.49. The first-order valence-corrected chi connectivity index (χ1v) is 5.32. The van der Waals surface area contributed by atoms with E-state index in [9.17, 15) is 0 Å². The highest BCUT2D eigenvalue weighted by Crippen LogP contribution is 2.27. The maximum absolute atomic E-state index is 9.11. The van der Waals surface area contributed by atoms with Gasteiger partial charge in [-0.15, -0.1) is 0 Å². The van der Waals surface area contributed by atoms with E-state index in [0.29, 0.717) is 5.92 Å². The second-order valence-corrected chi connectivity index (χ2v) is 4.36. The number of nitriles is 1. The number of hydrogen-bond acceptors (Lipinski definition) is 3. The van der Waals surface area contributed by atoms with Crippen LogP contribution in [0, 0.1) is 24.2 Å². The molecule has 1 fully saturated rings. The van der Waals surface area contributed by atoms with Crippen molar-refractivity contribution in [3.8, 4) is 6.07 Å². The summed E-state index contributed by atoms with van der Waals surface area (Å²) in [4.78, 5) is 2.27. The van der Waals surface area contributed by atoms with E-state index in [-0.39, 0.29) is 0 Å². The highest BCUT2D eigenvalue weighted by atomic mass is 15.4. The van der Waals surface area contributed by atoms with Gasteiger partial charge in [-0.05, 0) is 19.3 Å². The molecule has 0 spiro atoms. The summed E-state index contributed by atoms with van der Waals surface area (Å²) >= 11 is 0. The fourth-order valence-electron chi connectivity index (χ4n) is 2.27. The minimum Gasteiger partial charge on any atom is -0.355 e. The Morgan fingerprint density at radius 1 is 1.53 bits per heavy atom. The largest absolute Gasteiger partial charge is 0.355 e. The molecule has 0 N–H and O–H groups in total. The molecule has 0 aromatic carbocycles. The van der Waals surface area contributed by atoms with Gasteiger partial charge in [0.05, 0.1) is 5.69 Å². The standard InChI is InChI=1S/C11H16N4/c1-8-4-5-15(7-8)11-10(6-12)9(2)13-14(11)3/h8H,4-5,7H2,1-3H3. The Labute approximate surface area is 90.1 Å². The summed E-state index contributed by atoms with van der Waals surface area (Å²) in [7, 11) is 1.91. The molecular formula is C11H16N4. The van der Waals surface area contributed by atoms with Crippen LogP contribution >= 0.6 is 0 Å². The Hall–Kier alpha value is -1.50. The lowest BCUT2D eigenvalue weighted by Crippen LogP contribution is -2.22. The third-order valence-corrected chi connectivity index (χ3v) is 3.03. The van der Waals surface area contributed by atoms with Crippen LogP contribution in [0.3, 0.4) is 0 Å². The fraction of sp³-hybridized carbons (Fsp3) is 0.636. The molecule has 0 aliphatic carbocycles. The average molecular weight is 204 g/mol. The first-order chi connectivity index (χ1) is 7.13. The van der Waals surface area contributed by atoms with E-state index in [1.54, 1.807) is 0 Å². The van der Waals surface area contributed by atoms with E-state index in [2.05, 4.69) is 23.0 Å². The Morgan fingerprint density at radius 2 is 2.27 bits per heavy atom. The molecule has 0 amide bonds. The average Bonchev–Trinajstić information content (AvgIpc) is 2.70. The van der Waals surface area contributed by atoms with Crippen LogP contribution in [0.15, 0.2) is 0 Å². The number of hydrogen-bond donors (Lipinski definition) is 0. The normalized spacial score (nSPS) is 20.7. The first-order valence-electron chi connectivity index (χ1n) is 5.32. The molecule has 1 aliphatic rings. The van der Waals surface area contributed by atoms with Crippen LogP contribution < -0.4 is 4.90 Å². The second kappa shape index (κ2) is 3.58. The van der Waals surface area contributed by atoms with Gasteiger partial charge in [-0.3, -0.25) is 4.68 Å². The van der Waals surface area contributed by atoms with E-state index in [1.165, 1.54) is 6.42 Å². The van der Waals surface area contributed by atoms with Crippen LogP contribution in [0.25, 0.3) is 0 Å². The minimum atomic E-state index is 0.715. The summed E-state index contributed by atoms with van der Waals surface area (Å²) in [6.07, 6.45) is 1.20. The molecule has 1 unspecified atom stereocenters. The second-order valence-electron chi connectivity index (χ2n) is 4.36. The molecule has 1 atom stereocenters. The number of aryl methyl sites for hydroxylation is 2. The van der Waals surface area contributed by atoms with E-state index >= 15 is 0 Å². The maximum atomic E-state index is 9.11. The van der Waals surface area contributed by atoms with Crippen LogP contribution in [0.1, 0.15) is 24.6 Å². The predicted molar refractivity (Wildman–Crippen MR) is 58.7 cm³/mol. The van der Waals surface area contributed by atoms with Gasteiger partial charge in [0.25, 0.3) is 0 Å². The van der Waals surface area contributed by atoms with Gasteiger partial charge in [-0.25, -0.2) is 0 Å². The molecule has 2 heterocycles. The molecule has 0 saturated carbocycles. The summed E-state index contributed by atoms with van der Waals surface area (Å²) in [6, 6.07) is 2.25. The van der Waals surface area contributed by atoms with Gasteiger partial charge in [0.15, 0.2) is 0 Å². The number of anilines is 1. The lowest BCUT2D eigenvalue weighted by molar-refractivity contribution is 0.655. The Balaban J connectivity index is 2.39. The molecule has 4 nitrogen and oxygen atoms in total. The van der Waals surface area contributed by atoms with Gasteiger partial charge in [0.1, 0.15) is 17.5 Å². The van der Waals surface area contributed by atoms with Crippen molar-refractivity contribution in [3.05, 3.63) is 11.3 Å². The Morgan fingerprint density at radius 3 is 2.80 bits per heavy atom. The molecule has 0 bridgehead atoms. The number of aromatic nitrogens is 2. The van der Waals surface area contributed by atoms with Gasteiger partial charge in [0, 0.05) is 20.1 Å². The van der Waals surface area contributed by atoms with E-state index < -0.39 is 0 Å². The first kappa shape index (κ1) is 10.0. The van der Waals surface area contributed by atoms with Gasteiger partial charge in [-0.2, -0.15) is 10.4 Å². The third kappa shape index (κ3) is 1.58. The number of rotatable bonds is 1. The molecule has 0 radical (unpaired) electrons. The van der Waals surface area contributed by atoms with Gasteiger partial charge in [0.2, 0.25) is 0 Å². The van der Waals surface area contributed by atoms with E-state index in [4.69, 9.17) is 5.26 Å². The lowest BCUT2D eigenvalue weighted by atomic mass is 10.2. The molecule has 15 heavy (non-hydrogen) atoms. The topological polar surface area (TPSA) is 44.9 Å². The summed E-state index contributed by atoms with van der Waals surface area (Å²) in [5.41, 5.74) is 1.56. The van der Waals surface area contributed by atoms with Crippen molar-refractivity contribution < 1.29 is 0 Å². The van der Waals surface area contributed by atoms with Gasteiger partial charge >= 0.3 is 0 Å². The predicted octanol–water partition coefficient (Wildman–Crippen LogP) is 1.45. The molecule has 80 valence electrons. The SMILES string of the molecule is Cc1nn(C)c(N2CCC(C)C2)c1C#N. The van der Waals surface area contributed by atoms with Crippen LogP contribution in [0.5, 0.6) is 0 Å². The summed E-state index contributed by atoms with van der Waals surface area (Å²) in [5.74, 6) is 1.70. The van der Waals surface area contributed by atoms with Crippen molar-refractivity contribution in [1.82, 2.24) is 9.78 Å². The molecular weight excluding hydrogens is 188 g/mol. The third-order valence-electron chi connectivity index (χ3n) is 3.03. The highest BCUT2D eigenvalue weighted by Gasteiger charge is 2.25. The van der Waals surface area contributed by atoms with Crippen LogP contribution in [0.2, 0.25) is 0 Å². The van der Waals surface area contributed by atoms with Crippen LogP contribution in [0.4, 0.5) is 5.82 Å². The molecule has 1 aromatic heterocycles. The highest BCUT2D eigenvalue weighted by molar-refractivity contribution is 5.57. The van der Waals surface area contributed by atoms with E-state index in [0.717, 1.165) is 30.2 Å². The molecule has 2 rings (SSSR count). The Kier molecular flexibility index (Phi) is 2.39. The van der Waals surface area contributed by atoms with Crippen molar-refractivity contribution in [1.29, 1.82) is 5.26 Å². The van der Waals surface area contributed by atoms with Crippen molar-refractivity contribution >= 4 is 5.82 Å². The van der Waals surface area contributed by atoms with Crippen molar-refractivity contribution in [2.75, 3.05) is 18.0 Å². The van der Waals surface area contributed by atoms with Gasteiger partial charge < -0.3 is 4.90 Å². The molecule has 4 heteroatoms. The quantitative estimate of drug-likeness (QED) is 0.695. The zero-order chi connectivity index (χ0) is 11.0. The molecule has 1 aliphatic heterocycles. The van der Waals surface area contributed by atoms with Crippen molar-refractivity contribution in [2.45, 2.75) is 20.3 Å². The summed E-state index contributed by atoms with van der Waals surface area (Å²) < 4.78 is 1.83. The van der Waals surface area contributed by atoms with Crippen molar-refractivity contribution in [2.24, 2.45) is 13.0 Å². The van der Waals surface area contributed by atoms with Crippen LogP contribution in [-0.4, -0.2) is 22.9 Å². The van der Waals surface area contributed by atoms with Gasteiger partial charge in [-0.1, -0.05) is 6.92 Å². The number of nitrogens with zero attached hydrogens (tertiary/aromatic N) is 4.